The van der Waals surface area contributed by atoms with Gasteiger partial charge in [-0.3, -0.25) is 4.79 Å². The maximum Gasteiger partial charge on any atom is 0.254 e. The zero-order valence-electron chi connectivity index (χ0n) is 16.6. The molecule has 1 aliphatic heterocycles. The van der Waals surface area contributed by atoms with E-state index in [2.05, 4.69) is 42.4 Å². The zero-order chi connectivity index (χ0) is 20.6. The number of carbonyl (C=O) groups is 1. The molecule has 6 heteroatoms. The van der Waals surface area contributed by atoms with E-state index in [1.54, 1.807) is 24.3 Å². The van der Waals surface area contributed by atoms with Crippen LogP contribution in [-0.4, -0.2) is 43.6 Å². The number of benzene rings is 2. The summed E-state index contributed by atoms with van der Waals surface area (Å²) in [5.74, 6) is -0.0394. The number of hydrogen-bond acceptors (Lipinski definition) is 3. The van der Waals surface area contributed by atoms with Gasteiger partial charge in [-0.25, -0.2) is 8.42 Å². The molecular formula is C23H24N2O3S. The molecule has 0 saturated carbocycles. The number of aromatic nitrogens is 1. The van der Waals surface area contributed by atoms with Crippen molar-refractivity contribution in [2.75, 3.05) is 19.3 Å². The Morgan fingerprint density at radius 2 is 1.90 bits per heavy atom. The lowest BCUT2D eigenvalue weighted by atomic mass is 9.98. The molecule has 1 aromatic heterocycles. The predicted molar refractivity (Wildman–Crippen MR) is 117 cm³/mol. The number of nitrogens with one attached hydrogen (secondary N) is 1. The van der Waals surface area contributed by atoms with Crippen LogP contribution in [0.2, 0.25) is 0 Å². The van der Waals surface area contributed by atoms with Crippen LogP contribution in [0.4, 0.5) is 0 Å². The molecule has 0 aliphatic carbocycles. The van der Waals surface area contributed by atoms with E-state index < -0.39 is 9.84 Å². The normalized spacial score (nSPS) is 14.8. The van der Waals surface area contributed by atoms with Crippen LogP contribution in [-0.2, 0) is 15.6 Å². The Labute approximate surface area is 171 Å². The van der Waals surface area contributed by atoms with Gasteiger partial charge in [-0.2, -0.15) is 0 Å². The van der Waals surface area contributed by atoms with E-state index in [4.69, 9.17) is 0 Å². The second-order valence-corrected chi connectivity index (χ2v) is 9.84. The van der Waals surface area contributed by atoms with Crippen LogP contribution in [0.25, 0.3) is 16.5 Å². The molecule has 29 heavy (non-hydrogen) atoms. The summed E-state index contributed by atoms with van der Waals surface area (Å²) >= 11 is 0. The van der Waals surface area contributed by atoms with E-state index in [0.717, 1.165) is 11.9 Å². The number of sulfone groups is 1. The summed E-state index contributed by atoms with van der Waals surface area (Å²) in [5.41, 5.74) is 6.13. The van der Waals surface area contributed by atoms with Gasteiger partial charge in [0.05, 0.1) is 5.75 Å². The van der Waals surface area contributed by atoms with Crippen molar-refractivity contribution in [3.63, 3.8) is 0 Å². The molecule has 0 atom stereocenters. The molecular weight excluding hydrogens is 384 g/mol. The van der Waals surface area contributed by atoms with E-state index in [1.165, 1.54) is 28.3 Å². The van der Waals surface area contributed by atoms with Crippen molar-refractivity contribution in [3.8, 4) is 0 Å². The largest absolute Gasteiger partial charge is 0.360 e. The highest BCUT2D eigenvalue weighted by Crippen LogP contribution is 2.30. The molecule has 3 aromatic rings. The van der Waals surface area contributed by atoms with Gasteiger partial charge in [0.1, 0.15) is 0 Å². The lowest BCUT2D eigenvalue weighted by Gasteiger charge is -2.26. The van der Waals surface area contributed by atoms with Crippen LogP contribution in [0.3, 0.4) is 0 Å². The number of rotatable bonds is 4. The number of nitrogens with zero attached hydrogens (tertiary/aromatic N) is 1. The van der Waals surface area contributed by atoms with Crippen molar-refractivity contribution >= 4 is 32.2 Å². The second kappa shape index (κ2) is 7.52. The van der Waals surface area contributed by atoms with E-state index in [9.17, 15) is 13.2 Å². The molecule has 0 fully saturated rings. The first kappa shape index (κ1) is 19.5. The fourth-order valence-corrected chi connectivity index (χ4v) is 4.70. The summed E-state index contributed by atoms with van der Waals surface area (Å²) in [7, 11) is -3.08. The van der Waals surface area contributed by atoms with Gasteiger partial charge >= 0.3 is 0 Å². The van der Waals surface area contributed by atoms with Gasteiger partial charge in [0.25, 0.3) is 5.91 Å². The zero-order valence-corrected chi connectivity index (χ0v) is 17.4. The Balaban J connectivity index is 1.49. The van der Waals surface area contributed by atoms with Crippen molar-refractivity contribution in [1.29, 1.82) is 0 Å². The van der Waals surface area contributed by atoms with Crippen LogP contribution < -0.4 is 0 Å². The molecule has 1 aliphatic rings. The standard InChI is InChI=1S/C23H24N2O3S/c1-16-4-3-5-20-21(14-24-22(16)20)18-10-12-25(13-11-18)23(26)19-8-6-17(7-9-19)15-29(2,27)28/h3-10,14,24H,11-13,15H2,1-2H3. The average molecular weight is 409 g/mol. The Bertz CT molecular complexity index is 1200. The first-order chi connectivity index (χ1) is 13.8. The highest BCUT2D eigenvalue weighted by atomic mass is 32.2. The van der Waals surface area contributed by atoms with Crippen molar-refractivity contribution in [2.45, 2.75) is 19.1 Å². The molecule has 0 unspecified atom stereocenters. The SMILES string of the molecule is Cc1cccc2c(C3=CCN(C(=O)c4ccc(CS(C)(=O)=O)cc4)CC3)c[nH]c12. The molecule has 1 N–H and O–H groups in total. The van der Waals surface area contributed by atoms with E-state index >= 15 is 0 Å². The molecule has 0 saturated heterocycles. The van der Waals surface area contributed by atoms with Crippen LogP contribution >= 0.6 is 0 Å². The molecule has 0 bridgehead atoms. The minimum atomic E-state index is -3.08. The third-order valence-corrected chi connectivity index (χ3v) is 6.25. The van der Waals surface area contributed by atoms with Gasteiger partial charge in [-0.1, -0.05) is 36.4 Å². The van der Waals surface area contributed by atoms with Crippen LogP contribution in [0.1, 0.15) is 33.5 Å². The van der Waals surface area contributed by atoms with Gasteiger partial charge in [0.15, 0.2) is 9.84 Å². The summed E-state index contributed by atoms with van der Waals surface area (Å²) in [6, 6.07) is 13.2. The van der Waals surface area contributed by atoms with Gasteiger partial charge in [0, 0.05) is 47.6 Å². The maximum atomic E-state index is 12.8. The molecule has 0 spiro atoms. The fraction of sp³-hybridized carbons (Fsp3) is 0.261. The third kappa shape index (κ3) is 4.12. The average Bonchev–Trinajstić information content (AvgIpc) is 3.12. The van der Waals surface area contributed by atoms with Crippen molar-refractivity contribution in [1.82, 2.24) is 9.88 Å². The number of fused-ring (bicyclic) bond motifs is 1. The van der Waals surface area contributed by atoms with Crippen molar-refractivity contribution < 1.29 is 13.2 Å². The molecule has 5 nitrogen and oxygen atoms in total. The minimum Gasteiger partial charge on any atom is -0.360 e. The number of hydrogen-bond donors (Lipinski definition) is 1. The van der Waals surface area contributed by atoms with Crippen LogP contribution in [0.5, 0.6) is 0 Å². The summed E-state index contributed by atoms with van der Waals surface area (Å²) in [6.45, 7) is 3.32. The van der Waals surface area contributed by atoms with Gasteiger partial charge in [-0.15, -0.1) is 0 Å². The van der Waals surface area contributed by atoms with Gasteiger partial charge in [0.2, 0.25) is 0 Å². The predicted octanol–water partition coefficient (Wildman–Crippen LogP) is 3.95. The maximum absolute atomic E-state index is 12.8. The first-order valence-electron chi connectivity index (χ1n) is 9.64. The summed E-state index contributed by atoms with van der Waals surface area (Å²) in [6.07, 6.45) is 6.20. The summed E-state index contributed by atoms with van der Waals surface area (Å²) < 4.78 is 22.8. The monoisotopic (exact) mass is 408 g/mol. The number of carbonyl (C=O) groups excluding carboxylic acids is 1. The summed E-state index contributed by atoms with van der Waals surface area (Å²) in [5, 5.41) is 1.22. The van der Waals surface area contributed by atoms with Crippen molar-refractivity contribution in [3.05, 3.63) is 77.0 Å². The first-order valence-corrected chi connectivity index (χ1v) is 11.7. The number of para-hydroxylation sites is 1. The second-order valence-electron chi connectivity index (χ2n) is 7.70. The van der Waals surface area contributed by atoms with E-state index in [-0.39, 0.29) is 11.7 Å². The summed E-state index contributed by atoms with van der Waals surface area (Å²) in [4.78, 5) is 18.0. The molecule has 2 aromatic carbocycles. The van der Waals surface area contributed by atoms with Gasteiger partial charge in [-0.05, 0) is 42.2 Å². The smallest absolute Gasteiger partial charge is 0.254 e. The number of H-pyrrole nitrogens is 1. The minimum absolute atomic E-state index is 0.0125. The lowest BCUT2D eigenvalue weighted by molar-refractivity contribution is 0.0773. The number of aryl methyl sites for hydroxylation is 1. The Hall–Kier alpha value is -2.86. The molecule has 4 rings (SSSR count). The number of amides is 1. The lowest BCUT2D eigenvalue weighted by Crippen LogP contribution is -2.34. The molecule has 1 amide bonds. The van der Waals surface area contributed by atoms with E-state index in [0.29, 0.717) is 24.2 Å². The number of aromatic amines is 1. The Kier molecular flexibility index (Phi) is 5.04. The highest BCUT2D eigenvalue weighted by Gasteiger charge is 2.21. The Morgan fingerprint density at radius 1 is 1.14 bits per heavy atom. The van der Waals surface area contributed by atoms with Crippen molar-refractivity contribution in [2.24, 2.45) is 0 Å². The molecule has 150 valence electrons. The Morgan fingerprint density at radius 3 is 2.55 bits per heavy atom. The van der Waals surface area contributed by atoms with Crippen LogP contribution in [0, 0.1) is 6.92 Å². The topological polar surface area (TPSA) is 70.2 Å². The molecule has 0 radical (unpaired) electrons. The van der Waals surface area contributed by atoms with E-state index in [1.807, 2.05) is 4.90 Å². The van der Waals surface area contributed by atoms with Gasteiger partial charge < -0.3 is 9.88 Å². The third-order valence-electron chi connectivity index (χ3n) is 5.40. The molecule has 2 heterocycles. The quantitative estimate of drug-likeness (QED) is 0.711. The highest BCUT2D eigenvalue weighted by molar-refractivity contribution is 7.89. The fourth-order valence-electron chi connectivity index (χ4n) is 3.90. The van der Waals surface area contributed by atoms with Crippen LogP contribution in [0.15, 0.2) is 54.7 Å².